The molecule has 134 valence electrons. The van der Waals surface area contributed by atoms with Crippen molar-refractivity contribution in [1.82, 2.24) is 0 Å². The molecule has 1 nitrogen and oxygen atoms in total. The topological polar surface area (TPSA) is 9.23 Å². The zero-order valence-electron chi connectivity index (χ0n) is 13.9. The highest BCUT2D eigenvalue weighted by molar-refractivity contribution is 5.31. The van der Waals surface area contributed by atoms with E-state index in [1.165, 1.54) is 37.8 Å². The Morgan fingerprint density at radius 1 is 1.17 bits per heavy atom. The van der Waals surface area contributed by atoms with E-state index >= 15 is 0 Å². The first-order valence-corrected chi connectivity index (χ1v) is 8.55. The van der Waals surface area contributed by atoms with Gasteiger partial charge in [-0.2, -0.15) is 13.2 Å². The maximum absolute atomic E-state index is 14.1. The lowest BCUT2D eigenvalue weighted by Crippen LogP contribution is -2.13. The van der Waals surface area contributed by atoms with Crippen molar-refractivity contribution in [2.45, 2.75) is 57.5 Å². The molecule has 5 heteroatoms. The number of benzene rings is 1. The third-order valence-electron chi connectivity index (χ3n) is 4.61. The predicted octanol–water partition coefficient (Wildman–Crippen LogP) is 6.40. The molecule has 0 aromatic heterocycles. The minimum atomic E-state index is -4.37. The van der Waals surface area contributed by atoms with Gasteiger partial charge >= 0.3 is 6.18 Å². The smallest absolute Gasteiger partial charge is 0.409 e. The molecule has 24 heavy (non-hydrogen) atoms. The summed E-state index contributed by atoms with van der Waals surface area (Å²) in [5.74, 6) is 0.639. The molecule has 1 aromatic rings. The van der Waals surface area contributed by atoms with Gasteiger partial charge in [0.15, 0.2) is 11.6 Å². The maximum Gasteiger partial charge on any atom is 0.409 e. The number of hydrogen-bond donors (Lipinski definition) is 0. The van der Waals surface area contributed by atoms with E-state index in [1.54, 1.807) is 0 Å². The van der Waals surface area contributed by atoms with Crippen LogP contribution in [0.5, 0.6) is 5.75 Å². The molecule has 0 unspecified atom stereocenters. The van der Waals surface area contributed by atoms with Crippen molar-refractivity contribution >= 4 is 0 Å². The minimum Gasteiger partial charge on any atom is -0.486 e. The van der Waals surface area contributed by atoms with E-state index in [-0.39, 0.29) is 18.4 Å². The van der Waals surface area contributed by atoms with Crippen LogP contribution < -0.4 is 4.74 Å². The van der Waals surface area contributed by atoms with Gasteiger partial charge in [-0.3, -0.25) is 0 Å². The van der Waals surface area contributed by atoms with E-state index in [0.717, 1.165) is 30.4 Å². The van der Waals surface area contributed by atoms with Gasteiger partial charge in [-0.25, -0.2) is 4.39 Å². The number of ether oxygens (including phenoxy) is 1. The Labute approximate surface area is 140 Å². The summed E-state index contributed by atoms with van der Waals surface area (Å²) in [6, 6.07) is 4.81. The molecule has 0 radical (unpaired) electrons. The largest absolute Gasteiger partial charge is 0.486 e. The van der Waals surface area contributed by atoms with E-state index in [4.69, 9.17) is 4.74 Å². The molecule has 2 rings (SSSR count). The summed E-state index contributed by atoms with van der Waals surface area (Å²) in [4.78, 5) is 0. The van der Waals surface area contributed by atoms with Gasteiger partial charge in [-0.15, -0.1) is 0 Å². The molecule has 0 atom stereocenters. The standard InChI is InChI=1S/C19H24F4O/c1-2-4-14-5-7-15(8-6-14)16-9-10-18(17(20)13-16)24-12-3-11-19(21,22)23/h3,9-11,13-15H,2,4-8,12H2,1H3. The van der Waals surface area contributed by atoms with Crippen molar-refractivity contribution in [2.24, 2.45) is 5.92 Å². The molecule has 1 aromatic carbocycles. The lowest BCUT2D eigenvalue weighted by atomic mass is 9.77. The van der Waals surface area contributed by atoms with E-state index in [0.29, 0.717) is 5.92 Å². The number of rotatable bonds is 6. The first kappa shape index (κ1) is 18.8. The van der Waals surface area contributed by atoms with Crippen LogP contribution in [-0.4, -0.2) is 12.8 Å². The lowest BCUT2D eigenvalue weighted by molar-refractivity contribution is -0.0801. The van der Waals surface area contributed by atoms with Crippen molar-refractivity contribution in [2.75, 3.05) is 6.61 Å². The van der Waals surface area contributed by atoms with Crippen LogP contribution in [0.4, 0.5) is 17.6 Å². The average molecular weight is 344 g/mol. The number of halogens is 4. The second-order valence-electron chi connectivity index (χ2n) is 6.45. The quantitative estimate of drug-likeness (QED) is 0.429. The summed E-state index contributed by atoms with van der Waals surface area (Å²) in [6.45, 7) is 1.89. The Morgan fingerprint density at radius 3 is 2.46 bits per heavy atom. The fraction of sp³-hybridized carbons (Fsp3) is 0.579. The molecule has 1 fully saturated rings. The average Bonchev–Trinajstić information content (AvgIpc) is 2.53. The minimum absolute atomic E-state index is 0.00903. The molecule has 1 aliphatic carbocycles. The molecular formula is C19H24F4O. The highest BCUT2D eigenvalue weighted by atomic mass is 19.4. The van der Waals surface area contributed by atoms with Crippen LogP contribution in [0, 0.1) is 11.7 Å². The fourth-order valence-corrected chi connectivity index (χ4v) is 3.40. The zero-order valence-corrected chi connectivity index (χ0v) is 13.9. The Hall–Kier alpha value is -1.52. The van der Waals surface area contributed by atoms with E-state index in [1.807, 2.05) is 6.07 Å². The third kappa shape index (κ3) is 5.84. The molecule has 0 aliphatic heterocycles. The van der Waals surface area contributed by atoms with Crippen molar-refractivity contribution in [1.29, 1.82) is 0 Å². The van der Waals surface area contributed by atoms with Crippen molar-refractivity contribution in [3.8, 4) is 5.75 Å². The van der Waals surface area contributed by atoms with Gasteiger partial charge in [0.25, 0.3) is 0 Å². The molecule has 0 saturated heterocycles. The summed E-state index contributed by atoms with van der Waals surface area (Å²) >= 11 is 0. The normalized spacial score (nSPS) is 22.0. The fourth-order valence-electron chi connectivity index (χ4n) is 3.40. The third-order valence-corrected chi connectivity index (χ3v) is 4.61. The molecule has 0 spiro atoms. The number of hydrogen-bond acceptors (Lipinski definition) is 1. The second-order valence-corrected chi connectivity index (χ2v) is 6.45. The van der Waals surface area contributed by atoms with Gasteiger partial charge in [-0.05, 0) is 61.3 Å². The SMILES string of the molecule is CCCC1CCC(c2ccc(OCC=CC(F)(F)F)c(F)c2)CC1. The van der Waals surface area contributed by atoms with Gasteiger partial charge < -0.3 is 4.74 Å². The van der Waals surface area contributed by atoms with E-state index in [9.17, 15) is 17.6 Å². The molecular weight excluding hydrogens is 320 g/mol. The van der Waals surface area contributed by atoms with Crippen LogP contribution in [0.1, 0.15) is 56.9 Å². The summed E-state index contributed by atoms with van der Waals surface area (Å²) in [5.41, 5.74) is 0.959. The van der Waals surface area contributed by atoms with E-state index < -0.39 is 12.0 Å². The van der Waals surface area contributed by atoms with Crippen LogP contribution in [0.3, 0.4) is 0 Å². The molecule has 0 bridgehead atoms. The highest BCUT2D eigenvalue weighted by Crippen LogP contribution is 2.38. The summed E-state index contributed by atoms with van der Waals surface area (Å²) < 4.78 is 55.1. The van der Waals surface area contributed by atoms with Crippen molar-refractivity contribution in [3.05, 3.63) is 41.7 Å². The van der Waals surface area contributed by atoms with Crippen LogP contribution in [0.15, 0.2) is 30.4 Å². The van der Waals surface area contributed by atoms with Gasteiger partial charge in [0, 0.05) is 6.08 Å². The highest BCUT2D eigenvalue weighted by Gasteiger charge is 2.23. The van der Waals surface area contributed by atoms with Crippen LogP contribution in [0.2, 0.25) is 0 Å². The van der Waals surface area contributed by atoms with Crippen molar-refractivity contribution in [3.63, 3.8) is 0 Å². The Bertz CT molecular complexity index is 543. The summed E-state index contributed by atoms with van der Waals surface area (Å²) in [7, 11) is 0. The second kappa shape index (κ2) is 8.54. The zero-order chi connectivity index (χ0) is 17.6. The lowest BCUT2D eigenvalue weighted by Gasteiger charge is -2.28. The first-order chi connectivity index (χ1) is 11.4. The number of alkyl halides is 3. The summed E-state index contributed by atoms with van der Waals surface area (Å²) in [5, 5.41) is 0. The van der Waals surface area contributed by atoms with E-state index in [2.05, 4.69) is 6.92 Å². The molecule has 0 N–H and O–H groups in total. The molecule has 0 amide bonds. The molecule has 1 aliphatic rings. The van der Waals surface area contributed by atoms with Crippen LogP contribution >= 0.6 is 0 Å². The maximum atomic E-state index is 14.1. The molecule has 1 saturated carbocycles. The van der Waals surface area contributed by atoms with Crippen molar-refractivity contribution < 1.29 is 22.3 Å². The Balaban J connectivity index is 1.89. The predicted molar refractivity (Wildman–Crippen MR) is 86.7 cm³/mol. The van der Waals surface area contributed by atoms with Gasteiger partial charge in [0.2, 0.25) is 0 Å². The van der Waals surface area contributed by atoms with Gasteiger partial charge in [0.1, 0.15) is 6.61 Å². The van der Waals surface area contributed by atoms with Crippen LogP contribution in [-0.2, 0) is 0 Å². The van der Waals surface area contributed by atoms with Crippen LogP contribution in [0.25, 0.3) is 0 Å². The summed E-state index contributed by atoms with van der Waals surface area (Å²) in [6.07, 6.45) is 3.52. The molecule has 0 heterocycles. The Kier molecular flexibility index (Phi) is 6.69. The van der Waals surface area contributed by atoms with Gasteiger partial charge in [-0.1, -0.05) is 25.8 Å². The van der Waals surface area contributed by atoms with Gasteiger partial charge in [0.05, 0.1) is 0 Å². The Morgan fingerprint density at radius 2 is 1.88 bits per heavy atom. The first-order valence-electron chi connectivity index (χ1n) is 8.55. The number of allylic oxidation sites excluding steroid dienone is 1. The monoisotopic (exact) mass is 344 g/mol.